The van der Waals surface area contributed by atoms with Gasteiger partial charge in [-0.3, -0.25) is 9.69 Å². The van der Waals surface area contributed by atoms with Crippen LogP contribution in [-0.4, -0.2) is 29.1 Å². The summed E-state index contributed by atoms with van der Waals surface area (Å²) in [4.78, 5) is 13.4. The molecule has 1 aliphatic rings. The number of hydrogen-bond donors (Lipinski definition) is 1. The summed E-state index contributed by atoms with van der Waals surface area (Å²) >= 11 is 3.38. The van der Waals surface area contributed by atoms with Crippen molar-refractivity contribution in [2.24, 2.45) is 0 Å². The molecule has 3 nitrogen and oxygen atoms in total. The minimum atomic E-state index is -0.764. The summed E-state index contributed by atoms with van der Waals surface area (Å²) in [5.41, 5.74) is 0.851. The van der Waals surface area contributed by atoms with Gasteiger partial charge < -0.3 is 5.11 Å². The van der Waals surface area contributed by atoms with Crippen LogP contribution in [0.25, 0.3) is 0 Å². The lowest BCUT2D eigenvalue weighted by atomic mass is 10.1. The standard InChI is InChI=1S/C12H14BrNO2/c13-10-5-3-4-9(8-10)11(12(15)16)14-6-1-2-7-14/h3-5,8,11H,1-2,6-7H2,(H,15,16). The van der Waals surface area contributed by atoms with E-state index in [2.05, 4.69) is 15.9 Å². The Kier molecular flexibility index (Phi) is 3.61. The molecule has 1 unspecified atom stereocenters. The van der Waals surface area contributed by atoms with Gasteiger partial charge in [-0.15, -0.1) is 0 Å². The van der Waals surface area contributed by atoms with Crippen LogP contribution in [-0.2, 0) is 4.79 Å². The third kappa shape index (κ3) is 2.44. The van der Waals surface area contributed by atoms with E-state index in [4.69, 9.17) is 0 Å². The van der Waals surface area contributed by atoms with Crippen LogP contribution in [0.15, 0.2) is 28.7 Å². The van der Waals surface area contributed by atoms with Crippen LogP contribution < -0.4 is 0 Å². The van der Waals surface area contributed by atoms with Gasteiger partial charge in [0.1, 0.15) is 6.04 Å². The van der Waals surface area contributed by atoms with Gasteiger partial charge in [0.25, 0.3) is 0 Å². The first-order valence-electron chi connectivity index (χ1n) is 5.41. The van der Waals surface area contributed by atoms with Gasteiger partial charge in [0.15, 0.2) is 0 Å². The quantitative estimate of drug-likeness (QED) is 0.927. The van der Waals surface area contributed by atoms with Crippen molar-refractivity contribution in [3.8, 4) is 0 Å². The highest BCUT2D eigenvalue weighted by Gasteiger charge is 2.29. The van der Waals surface area contributed by atoms with Gasteiger partial charge in [-0.05, 0) is 43.6 Å². The zero-order valence-corrected chi connectivity index (χ0v) is 10.5. The van der Waals surface area contributed by atoms with Gasteiger partial charge in [-0.25, -0.2) is 0 Å². The van der Waals surface area contributed by atoms with Crippen molar-refractivity contribution < 1.29 is 9.90 Å². The Morgan fingerprint density at radius 3 is 2.62 bits per heavy atom. The first-order valence-corrected chi connectivity index (χ1v) is 6.20. The molecule has 86 valence electrons. The fraction of sp³-hybridized carbons (Fsp3) is 0.417. The van der Waals surface area contributed by atoms with E-state index in [0.717, 1.165) is 36.0 Å². The molecular weight excluding hydrogens is 270 g/mol. The van der Waals surface area contributed by atoms with E-state index in [1.54, 1.807) is 0 Å². The average Bonchev–Trinajstić information content (AvgIpc) is 2.71. The van der Waals surface area contributed by atoms with E-state index in [9.17, 15) is 9.90 Å². The zero-order chi connectivity index (χ0) is 11.5. The maximum absolute atomic E-state index is 11.3. The number of carbonyl (C=O) groups is 1. The third-order valence-corrected chi connectivity index (χ3v) is 3.40. The number of benzene rings is 1. The van der Waals surface area contributed by atoms with E-state index in [1.165, 1.54) is 0 Å². The van der Waals surface area contributed by atoms with E-state index in [-0.39, 0.29) is 0 Å². The van der Waals surface area contributed by atoms with Crippen molar-refractivity contribution in [1.82, 2.24) is 4.90 Å². The predicted molar refractivity (Wildman–Crippen MR) is 65.3 cm³/mol. The maximum Gasteiger partial charge on any atom is 0.325 e. The van der Waals surface area contributed by atoms with E-state index in [1.807, 2.05) is 29.2 Å². The Morgan fingerprint density at radius 2 is 2.06 bits per heavy atom. The van der Waals surface area contributed by atoms with Gasteiger partial charge in [0.05, 0.1) is 0 Å². The Morgan fingerprint density at radius 1 is 1.38 bits per heavy atom. The van der Waals surface area contributed by atoms with Crippen LogP contribution in [0.5, 0.6) is 0 Å². The summed E-state index contributed by atoms with van der Waals surface area (Å²) in [6.45, 7) is 1.76. The normalized spacial score (nSPS) is 18.6. The molecule has 0 saturated carbocycles. The molecule has 1 aromatic carbocycles. The summed E-state index contributed by atoms with van der Waals surface area (Å²) in [5.74, 6) is -0.764. The Labute approximate surface area is 103 Å². The fourth-order valence-corrected chi connectivity index (χ4v) is 2.60. The molecule has 1 saturated heterocycles. The van der Waals surface area contributed by atoms with Crippen LogP contribution in [0.2, 0.25) is 0 Å². The topological polar surface area (TPSA) is 40.5 Å². The molecule has 1 N–H and O–H groups in total. The van der Waals surface area contributed by atoms with E-state index < -0.39 is 12.0 Å². The fourth-order valence-electron chi connectivity index (χ4n) is 2.19. The van der Waals surface area contributed by atoms with Crippen LogP contribution in [0.3, 0.4) is 0 Å². The lowest BCUT2D eigenvalue weighted by Crippen LogP contribution is -2.31. The number of carboxylic acid groups (broad SMARTS) is 1. The van der Waals surface area contributed by atoms with Crippen LogP contribution >= 0.6 is 15.9 Å². The molecule has 1 fully saturated rings. The summed E-state index contributed by atoms with van der Waals surface area (Å²) in [6.07, 6.45) is 2.19. The molecule has 4 heteroatoms. The summed E-state index contributed by atoms with van der Waals surface area (Å²) in [6, 6.07) is 7.05. The summed E-state index contributed by atoms with van der Waals surface area (Å²) in [7, 11) is 0. The second-order valence-corrected chi connectivity index (χ2v) is 4.95. The summed E-state index contributed by atoms with van der Waals surface area (Å²) in [5, 5.41) is 9.32. The smallest absolute Gasteiger partial charge is 0.325 e. The molecule has 1 aliphatic heterocycles. The molecule has 0 aromatic heterocycles. The number of carboxylic acids is 1. The largest absolute Gasteiger partial charge is 0.480 e. The SMILES string of the molecule is O=C(O)C(c1cccc(Br)c1)N1CCCC1. The first kappa shape index (κ1) is 11.6. The number of rotatable bonds is 3. The lowest BCUT2D eigenvalue weighted by molar-refractivity contribution is -0.143. The van der Waals surface area contributed by atoms with Gasteiger partial charge in [-0.2, -0.15) is 0 Å². The maximum atomic E-state index is 11.3. The van der Waals surface area contributed by atoms with Crippen molar-refractivity contribution >= 4 is 21.9 Å². The van der Waals surface area contributed by atoms with Crippen molar-refractivity contribution in [2.45, 2.75) is 18.9 Å². The molecule has 0 amide bonds. The molecule has 2 rings (SSSR count). The van der Waals surface area contributed by atoms with Gasteiger partial charge in [0.2, 0.25) is 0 Å². The highest BCUT2D eigenvalue weighted by Crippen LogP contribution is 2.27. The molecule has 1 atom stereocenters. The van der Waals surface area contributed by atoms with Crippen molar-refractivity contribution in [3.63, 3.8) is 0 Å². The molecule has 0 aliphatic carbocycles. The average molecular weight is 284 g/mol. The zero-order valence-electron chi connectivity index (χ0n) is 8.90. The molecule has 0 radical (unpaired) electrons. The van der Waals surface area contributed by atoms with Gasteiger partial charge in [-0.1, -0.05) is 28.1 Å². The molecule has 1 aromatic rings. The number of nitrogens with zero attached hydrogens (tertiary/aromatic N) is 1. The van der Waals surface area contributed by atoms with Crippen molar-refractivity contribution in [2.75, 3.05) is 13.1 Å². The third-order valence-electron chi connectivity index (χ3n) is 2.90. The van der Waals surface area contributed by atoms with Gasteiger partial charge >= 0.3 is 5.97 Å². The first-order chi connectivity index (χ1) is 7.68. The van der Waals surface area contributed by atoms with Crippen LogP contribution in [0.4, 0.5) is 0 Å². The van der Waals surface area contributed by atoms with Crippen LogP contribution in [0, 0.1) is 0 Å². The minimum absolute atomic E-state index is 0.500. The lowest BCUT2D eigenvalue weighted by Gasteiger charge is -2.24. The second kappa shape index (κ2) is 4.97. The molecule has 1 heterocycles. The summed E-state index contributed by atoms with van der Waals surface area (Å²) < 4.78 is 0.926. The number of halogens is 1. The highest BCUT2D eigenvalue weighted by atomic mass is 79.9. The minimum Gasteiger partial charge on any atom is -0.480 e. The highest BCUT2D eigenvalue weighted by molar-refractivity contribution is 9.10. The predicted octanol–water partition coefficient (Wildman–Crippen LogP) is 2.67. The van der Waals surface area contributed by atoms with E-state index >= 15 is 0 Å². The second-order valence-electron chi connectivity index (χ2n) is 4.04. The molecular formula is C12H14BrNO2. The molecule has 0 spiro atoms. The van der Waals surface area contributed by atoms with Gasteiger partial charge in [0, 0.05) is 4.47 Å². The van der Waals surface area contributed by atoms with Crippen LogP contribution in [0.1, 0.15) is 24.4 Å². The monoisotopic (exact) mass is 283 g/mol. The molecule has 0 bridgehead atoms. The number of likely N-dealkylation sites (tertiary alicyclic amines) is 1. The Hall–Kier alpha value is -0.870. The Balaban J connectivity index is 2.28. The number of aliphatic carboxylic acids is 1. The van der Waals surface area contributed by atoms with Crippen molar-refractivity contribution in [1.29, 1.82) is 0 Å². The molecule has 16 heavy (non-hydrogen) atoms. The number of hydrogen-bond acceptors (Lipinski definition) is 2. The Bertz CT molecular complexity index is 388. The van der Waals surface area contributed by atoms with Crippen molar-refractivity contribution in [3.05, 3.63) is 34.3 Å². The van der Waals surface area contributed by atoms with E-state index in [0.29, 0.717) is 0 Å².